The van der Waals surface area contributed by atoms with E-state index in [0.717, 1.165) is 67.0 Å². The molecule has 1 aliphatic rings. The average molecular weight is 674 g/mol. The zero-order chi connectivity index (χ0) is 35.0. The summed E-state index contributed by atoms with van der Waals surface area (Å²) in [6.45, 7) is 0. The number of ether oxygens (including phenoxy) is 1. The summed E-state index contributed by atoms with van der Waals surface area (Å²) in [6, 6.07) is 55.6. The van der Waals surface area contributed by atoms with Crippen LogP contribution in [-0.4, -0.2) is 9.97 Å². The highest BCUT2D eigenvalue weighted by molar-refractivity contribution is 6.27. The number of nitrogens with zero attached hydrogens (tertiary/aromatic N) is 3. The fourth-order valence-corrected chi connectivity index (χ4v) is 8.29. The Kier molecular flexibility index (Phi) is 6.28. The lowest BCUT2D eigenvalue weighted by atomic mass is 9.87. The molecule has 0 aliphatic carbocycles. The average Bonchev–Trinajstić information content (AvgIpc) is 3.23. The highest BCUT2D eigenvalue weighted by atomic mass is 16.5. The van der Waals surface area contributed by atoms with Crippen LogP contribution in [0.5, 0.6) is 11.5 Å². The van der Waals surface area contributed by atoms with Crippen LogP contribution >= 0.6 is 0 Å². The molecule has 0 saturated carbocycles. The fourth-order valence-electron chi connectivity index (χ4n) is 8.29. The second kappa shape index (κ2) is 11.3. The number of hydrogen-bond acceptors (Lipinski definition) is 4. The molecule has 0 unspecified atom stereocenters. The summed E-state index contributed by atoms with van der Waals surface area (Å²) in [5, 5.41) is 19.0. The van der Waals surface area contributed by atoms with Gasteiger partial charge < -0.3 is 4.74 Å². The van der Waals surface area contributed by atoms with Crippen molar-refractivity contribution in [2.45, 2.75) is 0 Å². The van der Waals surface area contributed by atoms with E-state index in [0.29, 0.717) is 5.56 Å². The van der Waals surface area contributed by atoms with Crippen molar-refractivity contribution in [2.24, 2.45) is 0 Å². The van der Waals surface area contributed by atoms with Crippen LogP contribution in [0.2, 0.25) is 0 Å². The molecule has 0 N–H and O–H groups in total. The lowest BCUT2D eigenvalue weighted by Gasteiger charge is -2.22. The molecule has 10 aromatic rings. The van der Waals surface area contributed by atoms with Crippen LogP contribution in [0.15, 0.2) is 164 Å². The molecule has 8 aromatic carbocycles. The quantitative estimate of drug-likeness (QED) is 0.174. The molecule has 1 aliphatic heterocycles. The Balaban J connectivity index is 0.981. The van der Waals surface area contributed by atoms with Crippen LogP contribution in [0.25, 0.3) is 99.0 Å². The molecule has 244 valence electrons. The molecule has 0 spiro atoms. The van der Waals surface area contributed by atoms with Gasteiger partial charge in [0, 0.05) is 39.9 Å². The highest BCUT2D eigenvalue weighted by Crippen LogP contribution is 2.48. The Morgan fingerprint density at radius 3 is 1.87 bits per heavy atom. The van der Waals surface area contributed by atoms with Gasteiger partial charge in [0.1, 0.15) is 11.5 Å². The van der Waals surface area contributed by atoms with Gasteiger partial charge in [-0.15, -0.1) is 0 Å². The van der Waals surface area contributed by atoms with Gasteiger partial charge in [-0.2, -0.15) is 5.26 Å². The van der Waals surface area contributed by atoms with Gasteiger partial charge >= 0.3 is 0 Å². The molecule has 0 radical (unpaired) electrons. The minimum absolute atomic E-state index is 0.657. The molecule has 4 nitrogen and oxygen atoms in total. The number of pyridine rings is 2. The third kappa shape index (κ3) is 4.48. The highest BCUT2D eigenvalue weighted by Gasteiger charge is 2.22. The van der Waals surface area contributed by atoms with Crippen LogP contribution in [0, 0.1) is 11.3 Å². The molecular weight excluding hydrogens is 647 g/mol. The Hall–Kier alpha value is -7.35. The first-order chi connectivity index (χ1) is 26.2. The summed E-state index contributed by atoms with van der Waals surface area (Å²) >= 11 is 0. The number of aromatic nitrogens is 2. The van der Waals surface area contributed by atoms with Crippen LogP contribution in [0.4, 0.5) is 0 Å². The number of nitriles is 1. The molecule has 0 fully saturated rings. The number of hydrogen-bond donors (Lipinski definition) is 0. The van der Waals surface area contributed by atoms with E-state index in [-0.39, 0.29) is 0 Å². The van der Waals surface area contributed by atoms with Crippen LogP contribution in [0.1, 0.15) is 5.56 Å². The first kappa shape index (κ1) is 29.4. The van der Waals surface area contributed by atoms with Gasteiger partial charge in [-0.3, -0.25) is 4.98 Å². The first-order valence-corrected chi connectivity index (χ1v) is 17.7. The number of benzene rings is 8. The summed E-state index contributed by atoms with van der Waals surface area (Å²) in [4.78, 5) is 9.27. The normalized spacial score (nSPS) is 11.9. The van der Waals surface area contributed by atoms with E-state index in [1.165, 1.54) is 43.4 Å². The number of rotatable bonds is 4. The van der Waals surface area contributed by atoms with Crippen molar-refractivity contribution in [3.63, 3.8) is 0 Å². The van der Waals surface area contributed by atoms with E-state index in [1.807, 2.05) is 42.5 Å². The van der Waals surface area contributed by atoms with Gasteiger partial charge in [0.2, 0.25) is 0 Å². The van der Waals surface area contributed by atoms with Gasteiger partial charge in [0.05, 0.1) is 23.0 Å². The molecule has 2 aromatic heterocycles. The van der Waals surface area contributed by atoms with E-state index in [1.54, 1.807) is 12.4 Å². The Labute approximate surface area is 305 Å². The topological polar surface area (TPSA) is 58.8 Å². The Morgan fingerprint density at radius 2 is 1.08 bits per heavy atom. The lowest BCUT2D eigenvalue weighted by molar-refractivity contribution is 0.487. The Bertz CT molecular complexity index is 3140. The molecule has 0 amide bonds. The second-order valence-corrected chi connectivity index (χ2v) is 13.6. The van der Waals surface area contributed by atoms with Crippen molar-refractivity contribution in [3.8, 4) is 73.5 Å². The molecule has 11 rings (SSSR count). The SMILES string of the molecule is N#Cc1ccc2c3c(cccc13)Oc1cc(-c3ccc(-c4ccc5ccc6c(-c7cccc(-c8ccncc8)n7)ccc7ccc4c5c76)cc3)ccc1-2. The van der Waals surface area contributed by atoms with Crippen molar-refractivity contribution in [2.75, 3.05) is 0 Å². The third-order valence-electron chi connectivity index (χ3n) is 10.8. The van der Waals surface area contributed by atoms with E-state index in [9.17, 15) is 5.26 Å². The summed E-state index contributed by atoms with van der Waals surface area (Å²) in [5.41, 5.74) is 11.4. The summed E-state index contributed by atoms with van der Waals surface area (Å²) < 4.78 is 6.46. The minimum atomic E-state index is 0.657. The molecular formula is C49H27N3O. The van der Waals surface area contributed by atoms with Crippen LogP contribution in [0.3, 0.4) is 0 Å². The van der Waals surface area contributed by atoms with Gasteiger partial charge in [0.25, 0.3) is 0 Å². The maximum atomic E-state index is 9.67. The minimum Gasteiger partial charge on any atom is -0.456 e. The predicted octanol–water partition coefficient (Wildman–Crippen LogP) is 12.8. The largest absolute Gasteiger partial charge is 0.456 e. The van der Waals surface area contributed by atoms with Crippen molar-refractivity contribution < 1.29 is 4.74 Å². The standard InChI is InChI=1S/C49H27N3O/c50-28-35-16-22-42-39-19-15-34(27-46(39)53-45-6-1-3-37(35)49(42)45)29-7-9-30(10-8-29)36-17-11-32-14-21-41-38(18-12-33-13-20-40(36)47(32)48(33)41)44-5-2-4-43(52-44)31-23-25-51-26-24-31/h1-27H. The fraction of sp³-hybridized carbons (Fsp3) is 0. The maximum Gasteiger partial charge on any atom is 0.135 e. The van der Waals surface area contributed by atoms with Gasteiger partial charge in [-0.25, -0.2) is 4.98 Å². The van der Waals surface area contributed by atoms with Crippen molar-refractivity contribution in [1.82, 2.24) is 9.97 Å². The molecule has 0 atom stereocenters. The third-order valence-corrected chi connectivity index (χ3v) is 10.8. The monoisotopic (exact) mass is 673 g/mol. The predicted molar refractivity (Wildman–Crippen MR) is 215 cm³/mol. The summed E-state index contributed by atoms with van der Waals surface area (Å²) in [5.74, 6) is 1.60. The van der Waals surface area contributed by atoms with Crippen molar-refractivity contribution in [3.05, 3.63) is 170 Å². The van der Waals surface area contributed by atoms with Crippen LogP contribution < -0.4 is 4.74 Å². The van der Waals surface area contributed by atoms with Crippen molar-refractivity contribution in [1.29, 1.82) is 5.26 Å². The zero-order valence-corrected chi connectivity index (χ0v) is 28.3. The van der Waals surface area contributed by atoms with Gasteiger partial charge in [0.15, 0.2) is 0 Å². The van der Waals surface area contributed by atoms with E-state index in [4.69, 9.17) is 9.72 Å². The smallest absolute Gasteiger partial charge is 0.135 e. The summed E-state index contributed by atoms with van der Waals surface area (Å²) in [7, 11) is 0. The number of fused-ring (bicyclic) bond motifs is 2. The molecule has 0 bridgehead atoms. The van der Waals surface area contributed by atoms with E-state index < -0.39 is 0 Å². The molecule has 3 heterocycles. The zero-order valence-electron chi connectivity index (χ0n) is 28.3. The lowest BCUT2D eigenvalue weighted by Crippen LogP contribution is -1.98. The Morgan fingerprint density at radius 1 is 0.434 bits per heavy atom. The molecule has 53 heavy (non-hydrogen) atoms. The first-order valence-electron chi connectivity index (χ1n) is 17.7. The van der Waals surface area contributed by atoms with Crippen molar-refractivity contribution >= 4 is 43.1 Å². The second-order valence-electron chi connectivity index (χ2n) is 13.6. The van der Waals surface area contributed by atoms with Gasteiger partial charge in [-0.05, 0) is 109 Å². The van der Waals surface area contributed by atoms with Crippen LogP contribution in [-0.2, 0) is 0 Å². The van der Waals surface area contributed by atoms with E-state index in [2.05, 4.69) is 120 Å². The van der Waals surface area contributed by atoms with Gasteiger partial charge in [-0.1, -0.05) is 103 Å². The maximum absolute atomic E-state index is 9.67. The van der Waals surface area contributed by atoms with E-state index >= 15 is 0 Å². The molecule has 4 heteroatoms. The summed E-state index contributed by atoms with van der Waals surface area (Å²) in [6.07, 6.45) is 3.61. The molecule has 0 saturated heterocycles.